The lowest BCUT2D eigenvalue weighted by molar-refractivity contribution is 0.0702. The maximum absolute atomic E-state index is 5.40. The van der Waals surface area contributed by atoms with Gasteiger partial charge in [0, 0.05) is 33.4 Å². The van der Waals surface area contributed by atoms with E-state index in [1.165, 1.54) is 0 Å². The first-order valence-corrected chi connectivity index (χ1v) is 7.44. The Labute approximate surface area is 123 Å². The van der Waals surface area contributed by atoms with Crippen LogP contribution < -0.4 is 10.6 Å². The molecule has 0 fully saturated rings. The van der Waals surface area contributed by atoms with E-state index >= 15 is 0 Å². The minimum absolute atomic E-state index is 0.652. The summed E-state index contributed by atoms with van der Waals surface area (Å²) in [5.41, 5.74) is 0. The molecule has 0 spiro atoms. The van der Waals surface area contributed by atoms with E-state index in [-0.39, 0.29) is 0 Å². The van der Waals surface area contributed by atoms with Crippen molar-refractivity contribution in [3.8, 4) is 0 Å². The Morgan fingerprint density at radius 1 is 1.10 bits per heavy atom. The van der Waals surface area contributed by atoms with E-state index in [2.05, 4.69) is 41.5 Å². The molecule has 0 unspecified atom stereocenters. The van der Waals surface area contributed by atoms with Crippen LogP contribution in [0.15, 0.2) is 4.99 Å². The lowest BCUT2D eigenvalue weighted by atomic mass is 10.4. The first-order chi connectivity index (χ1) is 9.70. The zero-order valence-corrected chi connectivity index (χ0v) is 13.6. The van der Waals surface area contributed by atoms with Gasteiger partial charge in [0.05, 0.1) is 13.2 Å². The van der Waals surface area contributed by atoms with Gasteiger partial charge in [-0.1, -0.05) is 0 Å². The Balaban J connectivity index is 3.67. The van der Waals surface area contributed by atoms with Crippen LogP contribution in [0.5, 0.6) is 0 Å². The summed E-state index contributed by atoms with van der Waals surface area (Å²) < 4.78 is 10.3. The monoisotopic (exact) mass is 288 g/mol. The van der Waals surface area contributed by atoms with Crippen LogP contribution in [0.2, 0.25) is 0 Å². The van der Waals surface area contributed by atoms with Gasteiger partial charge in [-0.05, 0) is 40.4 Å². The van der Waals surface area contributed by atoms with Crippen LogP contribution in [0.3, 0.4) is 0 Å². The number of rotatable bonds is 12. The second-order valence-corrected chi connectivity index (χ2v) is 4.80. The predicted octanol–water partition coefficient (Wildman–Crippen LogP) is 0.546. The van der Waals surface area contributed by atoms with Crippen molar-refractivity contribution in [1.82, 2.24) is 15.5 Å². The van der Waals surface area contributed by atoms with Crippen molar-refractivity contribution in [2.24, 2.45) is 4.99 Å². The van der Waals surface area contributed by atoms with Gasteiger partial charge in [-0.15, -0.1) is 0 Å². The van der Waals surface area contributed by atoms with Gasteiger partial charge in [-0.3, -0.25) is 4.99 Å². The molecule has 0 rings (SSSR count). The molecule has 0 saturated carbocycles. The third-order valence-corrected chi connectivity index (χ3v) is 2.57. The van der Waals surface area contributed by atoms with E-state index in [1.807, 2.05) is 0 Å². The molecular weight excluding hydrogens is 256 g/mol. The van der Waals surface area contributed by atoms with Crippen LogP contribution in [0, 0.1) is 0 Å². The second kappa shape index (κ2) is 14.6. The molecule has 20 heavy (non-hydrogen) atoms. The minimum atomic E-state index is 0.652. The molecule has 0 radical (unpaired) electrons. The number of nitrogens with zero attached hydrogens (tertiary/aromatic N) is 2. The van der Waals surface area contributed by atoms with Crippen LogP contribution in [-0.4, -0.2) is 78.1 Å². The molecule has 0 saturated heterocycles. The molecule has 2 N–H and O–H groups in total. The SMILES string of the molecule is CCNC(=NCCCOCCOC)NCCCN(C)C. The van der Waals surface area contributed by atoms with Crippen molar-refractivity contribution in [3.05, 3.63) is 0 Å². The number of hydrogen-bond acceptors (Lipinski definition) is 4. The summed E-state index contributed by atoms with van der Waals surface area (Å²) in [6.45, 7) is 7.79. The van der Waals surface area contributed by atoms with Gasteiger partial charge in [0.1, 0.15) is 0 Å². The first-order valence-electron chi connectivity index (χ1n) is 7.44. The molecule has 0 heterocycles. The Kier molecular flexibility index (Phi) is 13.9. The third-order valence-electron chi connectivity index (χ3n) is 2.57. The van der Waals surface area contributed by atoms with E-state index in [4.69, 9.17) is 9.47 Å². The van der Waals surface area contributed by atoms with Crippen LogP contribution in [0.25, 0.3) is 0 Å². The lowest BCUT2D eigenvalue weighted by Gasteiger charge is -2.13. The van der Waals surface area contributed by atoms with E-state index in [1.54, 1.807) is 7.11 Å². The molecular formula is C14H32N4O2. The van der Waals surface area contributed by atoms with E-state index in [0.717, 1.165) is 51.6 Å². The number of nitrogens with one attached hydrogen (secondary N) is 2. The van der Waals surface area contributed by atoms with E-state index in [9.17, 15) is 0 Å². The first kappa shape index (κ1) is 19.1. The normalized spacial score (nSPS) is 11.9. The van der Waals surface area contributed by atoms with Crippen molar-refractivity contribution in [1.29, 1.82) is 0 Å². The van der Waals surface area contributed by atoms with E-state index < -0.39 is 0 Å². The lowest BCUT2D eigenvalue weighted by Crippen LogP contribution is -2.38. The van der Waals surface area contributed by atoms with Gasteiger partial charge in [0.2, 0.25) is 0 Å². The molecule has 0 aromatic rings. The van der Waals surface area contributed by atoms with Crippen LogP contribution >= 0.6 is 0 Å². The molecule has 120 valence electrons. The molecule has 0 aliphatic rings. The van der Waals surface area contributed by atoms with Gasteiger partial charge in [0.15, 0.2) is 5.96 Å². The summed E-state index contributed by atoms with van der Waals surface area (Å²) in [4.78, 5) is 6.70. The van der Waals surface area contributed by atoms with Crippen LogP contribution in [0.4, 0.5) is 0 Å². The molecule has 0 atom stereocenters. The molecule has 6 heteroatoms. The molecule has 0 aliphatic carbocycles. The molecule has 0 aromatic heterocycles. The Morgan fingerprint density at radius 2 is 1.90 bits per heavy atom. The number of guanidine groups is 1. The predicted molar refractivity (Wildman–Crippen MR) is 84.5 cm³/mol. The van der Waals surface area contributed by atoms with Gasteiger partial charge < -0.3 is 25.0 Å². The Bertz CT molecular complexity index is 235. The fourth-order valence-corrected chi connectivity index (χ4v) is 1.55. The quantitative estimate of drug-likeness (QED) is 0.312. The summed E-state index contributed by atoms with van der Waals surface area (Å²) in [5.74, 6) is 0.892. The average molecular weight is 288 g/mol. The number of hydrogen-bond donors (Lipinski definition) is 2. The maximum Gasteiger partial charge on any atom is 0.191 e. The fourth-order valence-electron chi connectivity index (χ4n) is 1.55. The smallest absolute Gasteiger partial charge is 0.191 e. The highest BCUT2D eigenvalue weighted by molar-refractivity contribution is 5.79. The maximum atomic E-state index is 5.40. The number of aliphatic imine (C=N–C) groups is 1. The molecule has 0 amide bonds. The summed E-state index contributed by atoms with van der Waals surface area (Å²) in [6, 6.07) is 0. The minimum Gasteiger partial charge on any atom is -0.382 e. The topological polar surface area (TPSA) is 58.1 Å². The van der Waals surface area contributed by atoms with Crippen molar-refractivity contribution >= 4 is 5.96 Å². The highest BCUT2D eigenvalue weighted by Crippen LogP contribution is 1.86. The van der Waals surface area contributed by atoms with E-state index in [0.29, 0.717) is 13.2 Å². The highest BCUT2D eigenvalue weighted by atomic mass is 16.5. The molecule has 0 aromatic carbocycles. The zero-order chi connectivity index (χ0) is 15.1. The molecule has 0 aliphatic heterocycles. The number of methoxy groups -OCH3 is 1. The van der Waals surface area contributed by atoms with Crippen molar-refractivity contribution in [2.75, 3.05) is 67.2 Å². The van der Waals surface area contributed by atoms with Gasteiger partial charge in [0.25, 0.3) is 0 Å². The Morgan fingerprint density at radius 3 is 2.55 bits per heavy atom. The number of ether oxygens (including phenoxy) is 2. The summed E-state index contributed by atoms with van der Waals surface area (Å²) >= 11 is 0. The second-order valence-electron chi connectivity index (χ2n) is 4.80. The van der Waals surface area contributed by atoms with Gasteiger partial charge in [-0.25, -0.2) is 0 Å². The van der Waals surface area contributed by atoms with Crippen molar-refractivity contribution < 1.29 is 9.47 Å². The van der Waals surface area contributed by atoms with Gasteiger partial charge >= 0.3 is 0 Å². The fraction of sp³-hybridized carbons (Fsp3) is 0.929. The van der Waals surface area contributed by atoms with Crippen molar-refractivity contribution in [3.63, 3.8) is 0 Å². The highest BCUT2D eigenvalue weighted by Gasteiger charge is 1.97. The third kappa shape index (κ3) is 13.6. The summed E-state index contributed by atoms with van der Waals surface area (Å²) in [6.07, 6.45) is 2.04. The Hall–Kier alpha value is -0.850. The van der Waals surface area contributed by atoms with Crippen LogP contribution in [-0.2, 0) is 9.47 Å². The average Bonchev–Trinajstić information content (AvgIpc) is 2.42. The van der Waals surface area contributed by atoms with Gasteiger partial charge in [-0.2, -0.15) is 0 Å². The molecule has 0 bridgehead atoms. The van der Waals surface area contributed by atoms with Crippen LogP contribution in [0.1, 0.15) is 19.8 Å². The summed E-state index contributed by atoms with van der Waals surface area (Å²) in [7, 11) is 5.85. The zero-order valence-electron chi connectivity index (χ0n) is 13.6. The molecule has 6 nitrogen and oxygen atoms in total. The standard InChI is InChI=1S/C14H32N4O2/c1-5-15-14(16-8-6-10-18(2)3)17-9-7-11-20-13-12-19-4/h5-13H2,1-4H3,(H2,15,16,17). The van der Waals surface area contributed by atoms with Crippen molar-refractivity contribution in [2.45, 2.75) is 19.8 Å². The largest absolute Gasteiger partial charge is 0.382 e. The summed E-state index contributed by atoms with van der Waals surface area (Å²) in [5, 5.41) is 6.59.